The Morgan fingerprint density at radius 1 is 1.11 bits per heavy atom. The molecule has 6 N–H and O–H groups in total. The first-order valence-electron chi connectivity index (χ1n) is 14.4. The van der Waals surface area contributed by atoms with Crippen LogP contribution in [0.25, 0.3) is 0 Å². The standard InChI is InChI=1S/C34H34F2N6O3/c1-20-16-21(14-15-39-20)32(38)26-17-22(6-12-29(26)37)33(43)41-25-11-13-30(34(44)40-24-9-7-23(35)8-10-24)42(18-25)19-27-28(36)4-3-5-31(27)45-2/h3-10,12,14-17,25,38,40,44H,11,13,18-19,37H2,1-2H3,(H,41,43)/b34-30-,38-32?/t25-/m1/s1. The molecule has 1 atom stereocenters. The van der Waals surface area contributed by atoms with Gasteiger partial charge in [0, 0.05) is 64.7 Å². The molecule has 1 amide bonds. The maximum absolute atomic E-state index is 15.0. The van der Waals surface area contributed by atoms with Crippen LogP contribution in [0.1, 0.15) is 45.6 Å². The molecule has 0 spiro atoms. The molecule has 45 heavy (non-hydrogen) atoms. The lowest BCUT2D eigenvalue weighted by molar-refractivity contribution is 0.0913. The van der Waals surface area contributed by atoms with Gasteiger partial charge in [-0.25, -0.2) is 8.78 Å². The Morgan fingerprint density at radius 3 is 2.62 bits per heavy atom. The summed E-state index contributed by atoms with van der Waals surface area (Å²) in [5.74, 6) is -1.03. The lowest BCUT2D eigenvalue weighted by Crippen LogP contribution is -2.47. The van der Waals surface area contributed by atoms with Crippen molar-refractivity contribution >= 4 is 23.0 Å². The summed E-state index contributed by atoms with van der Waals surface area (Å²) in [5, 5.41) is 25.7. The molecule has 2 heterocycles. The van der Waals surface area contributed by atoms with E-state index < -0.39 is 11.6 Å². The second-order valence-corrected chi connectivity index (χ2v) is 10.8. The fourth-order valence-corrected chi connectivity index (χ4v) is 5.34. The monoisotopic (exact) mass is 612 g/mol. The van der Waals surface area contributed by atoms with Gasteiger partial charge < -0.3 is 31.1 Å². The van der Waals surface area contributed by atoms with Crippen molar-refractivity contribution < 1.29 is 23.4 Å². The zero-order valence-electron chi connectivity index (χ0n) is 24.9. The Balaban J connectivity index is 1.38. The second kappa shape index (κ2) is 13.5. The van der Waals surface area contributed by atoms with E-state index in [1.807, 2.05) is 6.92 Å². The molecule has 1 fully saturated rings. The Morgan fingerprint density at radius 2 is 1.89 bits per heavy atom. The molecule has 0 saturated carbocycles. The van der Waals surface area contributed by atoms with E-state index in [9.17, 15) is 18.7 Å². The van der Waals surface area contributed by atoms with Crippen molar-refractivity contribution in [1.29, 1.82) is 5.41 Å². The number of nitrogens with two attached hydrogens (primary N) is 1. The largest absolute Gasteiger partial charge is 0.496 e. The van der Waals surface area contributed by atoms with Crippen molar-refractivity contribution in [1.82, 2.24) is 15.2 Å². The fourth-order valence-electron chi connectivity index (χ4n) is 5.34. The van der Waals surface area contributed by atoms with Crippen LogP contribution in [0.3, 0.4) is 0 Å². The van der Waals surface area contributed by atoms with Gasteiger partial charge in [-0.3, -0.25) is 15.2 Å². The van der Waals surface area contributed by atoms with Gasteiger partial charge in [0.05, 0.1) is 18.5 Å². The van der Waals surface area contributed by atoms with Gasteiger partial charge in [0.25, 0.3) is 5.91 Å². The van der Waals surface area contributed by atoms with Crippen molar-refractivity contribution in [2.24, 2.45) is 0 Å². The quantitative estimate of drug-likeness (QED) is 0.0901. The molecular formula is C34H34F2N6O3. The lowest BCUT2D eigenvalue weighted by Gasteiger charge is -2.37. The smallest absolute Gasteiger partial charge is 0.251 e. The number of ether oxygens (including phenoxy) is 1. The minimum Gasteiger partial charge on any atom is -0.496 e. The highest BCUT2D eigenvalue weighted by Crippen LogP contribution is 2.30. The van der Waals surface area contributed by atoms with Crippen LogP contribution in [0.5, 0.6) is 5.75 Å². The minimum absolute atomic E-state index is 0.0568. The molecule has 232 valence electrons. The minimum atomic E-state index is -0.466. The van der Waals surface area contributed by atoms with Crippen molar-refractivity contribution in [2.45, 2.75) is 32.4 Å². The van der Waals surface area contributed by atoms with Crippen molar-refractivity contribution in [3.8, 4) is 5.75 Å². The van der Waals surface area contributed by atoms with Crippen molar-refractivity contribution in [3.63, 3.8) is 0 Å². The predicted molar refractivity (Wildman–Crippen MR) is 169 cm³/mol. The molecule has 0 aliphatic carbocycles. The molecule has 1 aliphatic rings. The third kappa shape index (κ3) is 7.20. The van der Waals surface area contributed by atoms with Gasteiger partial charge in [0.2, 0.25) is 5.88 Å². The number of nitrogens with zero attached hydrogens (tertiary/aromatic N) is 2. The number of methoxy groups -OCH3 is 1. The highest BCUT2D eigenvalue weighted by Gasteiger charge is 2.29. The number of pyridine rings is 1. The van der Waals surface area contributed by atoms with Gasteiger partial charge in [0.1, 0.15) is 17.4 Å². The van der Waals surface area contributed by atoms with E-state index in [4.69, 9.17) is 15.9 Å². The summed E-state index contributed by atoms with van der Waals surface area (Å²) in [7, 11) is 1.46. The van der Waals surface area contributed by atoms with Crippen molar-refractivity contribution in [3.05, 3.63) is 130 Å². The van der Waals surface area contributed by atoms with E-state index in [0.717, 1.165) is 5.69 Å². The van der Waals surface area contributed by atoms with Crippen LogP contribution in [0.15, 0.2) is 90.6 Å². The number of nitrogens with one attached hydrogen (secondary N) is 3. The summed E-state index contributed by atoms with van der Waals surface area (Å²) < 4.78 is 33.8. The van der Waals surface area contributed by atoms with Crippen LogP contribution in [0.2, 0.25) is 0 Å². The number of likely N-dealkylation sites (tertiary alicyclic amines) is 1. The average molecular weight is 613 g/mol. The van der Waals surface area contributed by atoms with Crippen LogP contribution >= 0.6 is 0 Å². The third-order valence-corrected chi connectivity index (χ3v) is 7.68. The van der Waals surface area contributed by atoms with E-state index in [-0.39, 0.29) is 36.6 Å². The molecule has 4 aromatic rings. The van der Waals surface area contributed by atoms with Gasteiger partial charge in [-0.15, -0.1) is 0 Å². The number of amides is 1. The molecule has 0 radical (unpaired) electrons. The van der Waals surface area contributed by atoms with Crippen LogP contribution < -0.4 is 21.1 Å². The van der Waals surface area contributed by atoms with E-state index in [1.54, 1.807) is 53.6 Å². The molecule has 1 aliphatic heterocycles. The molecule has 9 nitrogen and oxygen atoms in total. The summed E-state index contributed by atoms with van der Waals surface area (Å²) in [6.07, 6.45) is 2.45. The number of nitrogen functional groups attached to an aromatic ring is 1. The van der Waals surface area contributed by atoms with Gasteiger partial charge in [0.15, 0.2) is 0 Å². The third-order valence-electron chi connectivity index (χ3n) is 7.68. The van der Waals surface area contributed by atoms with Gasteiger partial charge in [-0.1, -0.05) is 6.07 Å². The number of rotatable bonds is 9. The molecule has 1 saturated heterocycles. The predicted octanol–water partition coefficient (Wildman–Crippen LogP) is 5.91. The van der Waals surface area contributed by atoms with Crippen LogP contribution in [0, 0.1) is 24.0 Å². The highest BCUT2D eigenvalue weighted by atomic mass is 19.1. The Labute approximate surface area is 259 Å². The van der Waals surface area contributed by atoms with E-state index >= 15 is 0 Å². The zero-order chi connectivity index (χ0) is 32.1. The first kappa shape index (κ1) is 31.0. The number of aryl methyl sites for hydroxylation is 1. The number of benzene rings is 3. The van der Waals surface area contributed by atoms with Crippen molar-refractivity contribution in [2.75, 3.05) is 24.7 Å². The normalized spacial score (nSPS) is 15.7. The number of hydrogen-bond acceptors (Lipinski definition) is 8. The number of anilines is 2. The topological polar surface area (TPSA) is 137 Å². The second-order valence-electron chi connectivity index (χ2n) is 10.8. The Hall–Kier alpha value is -5.45. The van der Waals surface area contributed by atoms with Gasteiger partial charge >= 0.3 is 0 Å². The average Bonchev–Trinajstić information content (AvgIpc) is 3.03. The zero-order valence-corrected chi connectivity index (χ0v) is 24.9. The van der Waals surface area contributed by atoms with E-state index in [0.29, 0.717) is 57.9 Å². The number of halogens is 2. The Bertz CT molecular complexity index is 1760. The summed E-state index contributed by atoms with van der Waals surface area (Å²) in [6.45, 7) is 2.14. The summed E-state index contributed by atoms with van der Waals surface area (Å²) in [4.78, 5) is 19.4. The first-order chi connectivity index (χ1) is 21.6. The number of aliphatic hydroxyl groups excluding tert-OH is 1. The summed E-state index contributed by atoms with van der Waals surface area (Å²) >= 11 is 0. The number of allylic oxidation sites excluding steroid dienone is 1. The number of hydrogen-bond donors (Lipinski definition) is 5. The summed E-state index contributed by atoms with van der Waals surface area (Å²) in [5.41, 5.74) is 10.2. The molecule has 1 aromatic heterocycles. The summed E-state index contributed by atoms with van der Waals surface area (Å²) in [6, 6.07) is 18.0. The van der Waals surface area contributed by atoms with E-state index in [2.05, 4.69) is 15.6 Å². The molecule has 11 heteroatoms. The molecule has 0 bridgehead atoms. The molecular weight excluding hydrogens is 578 g/mol. The molecule has 0 unspecified atom stereocenters. The number of aromatic nitrogens is 1. The SMILES string of the molecule is COc1cccc(F)c1CN1C[C@H](NC(=O)c2ccc(N)c(C(=N)c3ccnc(C)c3)c2)CC/C1=C(/O)Nc1ccc(F)cc1. The number of carbonyl (C=O) groups excluding carboxylic acids is 1. The Kier molecular flexibility index (Phi) is 9.27. The number of carbonyl (C=O) groups is 1. The van der Waals surface area contributed by atoms with Crippen LogP contribution in [-0.4, -0.2) is 46.3 Å². The van der Waals surface area contributed by atoms with Gasteiger partial charge in [-0.2, -0.15) is 0 Å². The maximum Gasteiger partial charge on any atom is 0.251 e. The van der Waals surface area contributed by atoms with E-state index in [1.165, 1.54) is 37.4 Å². The van der Waals surface area contributed by atoms with Crippen LogP contribution in [-0.2, 0) is 6.54 Å². The maximum atomic E-state index is 15.0. The fraction of sp³-hybridized carbons (Fsp3) is 0.206. The number of piperidine rings is 1. The van der Waals surface area contributed by atoms with Gasteiger partial charge in [-0.05, 0) is 86.5 Å². The lowest BCUT2D eigenvalue weighted by atomic mass is 9.98. The first-order valence-corrected chi connectivity index (χ1v) is 14.4. The number of aliphatic hydroxyl groups is 1. The molecule has 5 rings (SSSR count). The van der Waals surface area contributed by atoms with Crippen LogP contribution in [0.4, 0.5) is 20.2 Å². The molecule has 3 aromatic carbocycles. The highest BCUT2D eigenvalue weighted by molar-refractivity contribution is 6.14.